The summed E-state index contributed by atoms with van der Waals surface area (Å²) >= 11 is 0. The number of hydrogen-bond acceptors (Lipinski definition) is 3. The van der Waals surface area contributed by atoms with Crippen LogP contribution in [0.3, 0.4) is 0 Å². The summed E-state index contributed by atoms with van der Waals surface area (Å²) in [5, 5.41) is 7.34. The molecule has 1 aliphatic heterocycles. The van der Waals surface area contributed by atoms with Crippen LogP contribution in [-0.4, -0.2) is 20.7 Å². The fourth-order valence-electron chi connectivity index (χ4n) is 2.61. The normalized spacial score (nSPS) is 13.0. The molecule has 0 aliphatic carbocycles. The van der Waals surface area contributed by atoms with Crippen molar-refractivity contribution in [2.45, 2.75) is 6.54 Å². The molecule has 0 bridgehead atoms. The molecule has 4 rings (SSSR count). The molecular formula is C16H11FN4O. The number of amides is 1. The van der Waals surface area contributed by atoms with Crippen LogP contribution in [0.2, 0.25) is 0 Å². The SMILES string of the molecule is O=C1Cn2nc(-c3ccc(F)cc3)c(-c3ccncc3)c2N1. The van der Waals surface area contributed by atoms with E-state index in [1.54, 1.807) is 29.2 Å². The summed E-state index contributed by atoms with van der Waals surface area (Å²) in [5.74, 6) is 0.272. The van der Waals surface area contributed by atoms with Crippen LogP contribution in [-0.2, 0) is 11.3 Å². The van der Waals surface area contributed by atoms with E-state index in [0.29, 0.717) is 11.5 Å². The van der Waals surface area contributed by atoms with Crippen molar-refractivity contribution >= 4 is 11.7 Å². The minimum atomic E-state index is -0.297. The van der Waals surface area contributed by atoms with E-state index >= 15 is 0 Å². The first-order chi connectivity index (χ1) is 10.7. The van der Waals surface area contributed by atoms with Gasteiger partial charge in [0.05, 0.1) is 5.56 Å². The topological polar surface area (TPSA) is 59.8 Å². The molecule has 0 saturated heterocycles. The Kier molecular flexibility index (Phi) is 2.75. The van der Waals surface area contributed by atoms with Gasteiger partial charge in [0.25, 0.3) is 0 Å². The van der Waals surface area contributed by atoms with Crippen molar-refractivity contribution in [3.05, 3.63) is 54.6 Å². The summed E-state index contributed by atoms with van der Waals surface area (Å²) in [7, 11) is 0. The van der Waals surface area contributed by atoms with Crippen molar-refractivity contribution in [1.82, 2.24) is 14.8 Å². The number of anilines is 1. The van der Waals surface area contributed by atoms with Gasteiger partial charge in [-0.2, -0.15) is 5.10 Å². The lowest BCUT2D eigenvalue weighted by atomic mass is 10.0. The third-order valence-electron chi connectivity index (χ3n) is 3.59. The molecule has 5 nitrogen and oxygen atoms in total. The maximum Gasteiger partial charge on any atom is 0.247 e. The number of benzene rings is 1. The van der Waals surface area contributed by atoms with E-state index in [-0.39, 0.29) is 18.3 Å². The lowest BCUT2D eigenvalue weighted by molar-refractivity contribution is -0.115. The number of pyridine rings is 1. The van der Waals surface area contributed by atoms with Crippen LogP contribution in [0.4, 0.5) is 10.2 Å². The van der Waals surface area contributed by atoms with E-state index in [2.05, 4.69) is 15.4 Å². The summed E-state index contributed by atoms with van der Waals surface area (Å²) in [6.07, 6.45) is 3.37. The second-order valence-electron chi connectivity index (χ2n) is 5.02. The van der Waals surface area contributed by atoms with Crippen LogP contribution in [0.1, 0.15) is 0 Å². The maximum atomic E-state index is 13.1. The molecule has 2 aromatic heterocycles. The molecular weight excluding hydrogens is 283 g/mol. The van der Waals surface area contributed by atoms with Gasteiger partial charge in [-0.15, -0.1) is 0 Å². The Morgan fingerprint density at radius 1 is 1.05 bits per heavy atom. The molecule has 3 heterocycles. The average molecular weight is 294 g/mol. The van der Waals surface area contributed by atoms with Crippen LogP contribution >= 0.6 is 0 Å². The fourth-order valence-corrected chi connectivity index (χ4v) is 2.61. The Balaban J connectivity index is 1.94. The van der Waals surface area contributed by atoms with E-state index in [0.717, 1.165) is 16.7 Å². The van der Waals surface area contributed by atoms with Gasteiger partial charge < -0.3 is 5.32 Å². The number of halogens is 1. The van der Waals surface area contributed by atoms with Crippen LogP contribution in [0.25, 0.3) is 22.4 Å². The molecule has 3 aromatic rings. The second kappa shape index (κ2) is 4.77. The van der Waals surface area contributed by atoms with Crippen LogP contribution in [0, 0.1) is 5.82 Å². The minimum absolute atomic E-state index is 0.0940. The number of rotatable bonds is 2. The monoisotopic (exact) mass is 294 g/mol. The number of aromatic nitrogens is 3. The van der Waals surface area contributed by atoms with Crippen LogP contribution in [0.5, 0.6) is 0 Å². The smallest absolute Gasteiger partial charge is 0.247 e. The van der Waals surface area contributed by atoms with E-state index in [1.165, 1.54) is 12.1 Å². The summed E-state index contributed by atoms with van der Waals surface area (Å²) < 4.78 is 14.8. The third-order valence-corrected chi connectivity index (χ3v) is 3.59. The Labute approximate surface area is 125 Å². The highest BCUT2D eigenvalue weighted by molar-refractivity contribution is 6.01. The largest absolute Gasteiger partial charge is 0.309 e. The Morgan fingerprint density at radius 2 is 1.77 bits per heavy atom. The van der Waals surface area contributed by atoms with Crippen molar-refractivity contribution in [1.29, 1.82) is 0 Å². The van der Waals surface area contributed by atoms with Gasteiger partial charge in [0.2, 0.25) is 5.91 Å². The van der Waals surface area contributed by atoms with Gasteiger partial charge in [-0.1, -0.05) is 0 Å². The molecule has 1 aliphatic rings. The zero-order chi connectivity index (χ0) is 15.1. The van der Waals surface area contributed by atoms with Gasteiger partial charge in [0.15, 0.2) is 0 Å². The first kappa shape index (κ1) is 12.7. The summed E-state index contributed by atoms with van der Waals surface area (Å²) in [4.78, 5) is 15.6. The minimum Gasteiger partial charge on any atom is -0.309 e. The third kappa shape index (κ3) is 1.96. The van der Waals surface area contributed by atoms with Gasteiger partial charge in [-0.05, 0) is 42.0 Å². The number of hydrogen-bond donors (Lipinski definition) is 1. The highest BCUT2D eigenvalue weighted by Crippen LogP contribution is 2.39. The summed E-state index contributed by atoms with van der Waals surface area (Å²) in [5.41, 5.74) is 3.23. The molecule has 0 spiro atoms. The van der Waals surface area contributed by atoms with Crippen molar-refractivity contribution in [3.8, 4) is 22.4 Å². The fraction of sp³-hybridized carbons (Fsp3) is 0.0625. The lowest BCUT2D eigenvalue weighted by Crippen LogP contribution is -2.07. The molecule has 1 aromatic carbocycles. The zero-order valence-corrected chi connectivity index (χ0v) is 11.5. The quantitative estimate of drug-likeness (QED) is 0.790. The van der Waals surface area contributed by atoms with Crippen molar-refractivity contribution in [3.63, 3.8) is 0 Å². The molecule has 22 heavy (non-hydrogen) atoms. The average Bonchev–Trinajstić information content (AvgIpc) is 3.04. The van der Waals surface area contributed by atoms with Crippen molar-refractivity contribution < 1.29 is 9.18 Å². The summed E-state index contributed by atoms with van der Waals surface area (Å²) in [6, 6.07) is 9.87. The number of carbonyl (C=O) groups excluding carboxylic acids is 1. The van der Waals surface area contributed by atoms with E-state index in [1.807, 2.05) is 12.1 Å². The number of carbonyl (C=O) groups is 1. The van der Waals surface area contributed by atoms with Crippen molar-refractivity contribution in [2.75, 3.05) is 5.32 Å². The highest BCUT2D eigenvalue weighted by atomic mass is 19.1. The molecule has 1 N–H and O–H groups in total. The molecule has 1 amide bonds. The van der Waals surface area contributed by atoms with Gasteiger partial charge >= 0.3 is 0 Å². The zero-order valence-electron chi connectivity index (χ0n) is 11.5. The molecule has 108 valence electrons. The standard InChI is InChI=1S/C16H11FN4O/c17-12-3-1-11(2-4-12)15-14(10-5-7-18-8-6-10)16-19-13(22)9-21(16)20-15/h1-8H,9H2,(H,19,22). The molecule has 0 atom stereocenters. The number of fused-ring (bicyclic) bond motifs is 1. The Morgan fingerprint density at radius 3 is 2.50 bits per heavy atom. The van der Waals surface area contributed by atoms with E-state index < -0.39 is 0 Å². The van der Waals surface area contributed by atoms with Crippen LogP contribution < -0.4 is 5.32 Å². The predicted octanol–water partition coefficient (Wildman–Crippen LogP) is 2.70. The number of nitrogens with zero attached hydrogens (tertiary/aromatic N) is 3. The Hall–Kier alpha value is -3.02. The van der Waals surface area contributed by atoms with Crippen molar-refractivity contribution in [2.24, 2.45) is 0 Å². The predicted molar refractivity (Wildman–Crippen MR) is 79.5 cm³/mol. The number of nitrogens with one attached hydrogen (secondary N) is 1. The summed E-state index contributed by atoms with van der Waals surface area (Å²) in [6.45, 7) is 0.189. The van der Waals surface area contributed by atoms with Gasteiger partial charge in [-0.25, -0.2) is 9.07 Å². The molecule has 6 heteroatoms. The van der Waals surface area contributed by atoms with E-state index in [9.17, 15) is 9.18 Å². The first-order valence-corrected chi connectivity index (χ1v) is 6.79. The van der Waals surface area contributed by atoms with Gasteiger partial charge in [0, 0.05) is 18.0 Å². The molecule has 0 unspecified atom stereocenters. The molecule has 0 saturated carbocycles. The first-order valence-electron chi connectivity index (χ1n) is 6.79. The van der Waals surface area contributed by atoms with E-state index in [4.69, 9.17) is 0 Å². The maximum absolute atomic E-state index is 13.1. The van der Waals surface area contributed by atoms with Gasteiger partial charge in [-0.3, -0.25) is 9.78 Å². The second-order valence-corrected chi connectivity index (χ2v) is 5.02. The highest BCUT2D eigenvalue weighted by Gasteiger charge is 2.27. The molecule has 0 fully saturated rings. The molecule has 0 radical (unpaired) electrons. The van der Waals surface area contributed by atoms with Gasteiger partial charge in [0.1, 0.15) is 23.9 Å². The van der Waals surface area contributed by atoms with Crippen LogP contribution in [0.15, 0.2) is 48.8 Å². The lowest BCUT2D eigenvalue weighted by Gasteiger charge is -2.05. The Bertz CT molecular complexity index is 856.